The second-order valence-electron chi connectivity index (χ2n) is 4.03. The van der Waals surface area contributed by atoms with Crippen LogP contribution < -0.4 is 0 Å². The van der Waals surface area contributed by atoms with E-state index in [0.29, 0.717) is 0 Å². The maximum atomic E-state index is 4.52. The summed E-state index contributed by atoms with van der Waals surface area (Å²) >= 11 is 1.81. The number of aromatic nitrogens is 1. The zero-order valence-electron chi connectivity index (χ0n) is 9.31. The van der Waals surface area contributed by atoms with Crippen LogP contribution in [0.3, 0.4) is 0 Å². The van der Waals surface area contributed by atoms with Gasteiger partial charge < -0.3 is 0 Å². The van der Waals surface area contributed by atoms with E-state index < -0.39 is 0 Å². The van der Waals surface area contributed by atoms with E-state index in [2.05, 4.69) is 35.3 Å². The van der Waals surface area contributed by atoms with Crippen LogP contribution in [0, 0.1) is 6.07 Å². The largest absolute Gasteiger partial charge is 0.266 e. The molecule has 0 saturated heterocycles. The summed E-state index contributed by atoms with van der Waals surface area (Å²) in [6.45, 7) is 0. The Hall–Kier alpha value is -1.28. The van der Waals surface area contributed by atoms with Crippen molar-refractivity contribution in [1.29, 1.82) is 0 Å². The predicted molar refractivity (Wildman–Crippen MR) is 73.5 cm³/mol. The summed E-state index contributed by atoms with van der Waals surface area (Å²) < 4.78 is 2.56. The average molecular weight is 427 g/mol. The third-order valence-electron chi connectivity index (χ3n) is 3.02. The molecule has 18 heavy (non-hydrogen) atoms. The molecule has 2 aromatic heterocycles. The molecule has 0 aliphatic carbocycles. The Morgan fingerprint density at radius 1 is 1.00 bits per heavy atom. The van der Waals surface area contributed by atoms with E-state index in [1.165, 1.54) is 25.6 Å². The Bertz CT molecular complexity index is 845. The molecule has 0 aliphatic rings. The third kappa shape index (κ3) is 1.59. The van der Waals surface area contributed by atoms with Gasteiger partial charge in [-0.2, -0.15) is 11.3 Å². The van der Waals surface area contributed by atoms with Crippen molar-refractivity contribution in [2.45, 2.75) is 0 Å². The van der Waals surface area contributed by atoms with E-state index in [4.69, 9.17) is 0 Å². The zero-order valence-corrected chi connectivity index (χ0v) is 12.5. The molecule has 0 bridgehead atoms. The predicted octanol–water partition coefficient (Wildman–Crippen LogP) is 4.40. The number of fused-ring (bicyclic) bond motifs is 5. The molecule has 4 rings (SSSR count). The fourth-order valence-electron chi connectivity index (χ4n) is 2.27. The molecule has 0 N–H and O–H groups in total. The van der Waals surface area contributed by atoms with Crippen LogP contribution in [-0.4, -0.2) is 4.98 Å². The topological polar surface area (TPSA) is 12.9 Å². The van der Waals surface area contributed by atoms with Gasteiger partial charge in [0.05, 0.1) is 0 Å². The van der Waals surface area contributed by atoms with Gasteiger partial charge >= 0.3 is 0 Å². The van der Waals surface area contributed by atoms with Crippen LogP contribution in [0.1, 0.15) is 0 Å². The first-order valence-electron chi connectivity index (χ1n) is 5.50. The van der Waals surface area contributed by atoms with Crippen molar-refractivity contribution < 1.29 is 20.1 Å². The number of nitrogens with zero attached hydrogens (tertiary/aromatic N) is 1. The van der Waals surface area contributed by atoms with E-state index in [1.807, 2.05) is 24.4 Å². The van der Waals surface area contributed by atoms with E-state index in [0.717, 1.165) is 5.52 Å². The smallest absolute Gasteiger partial charge is 0.0380 e. The fourth-order valence-corrected chi connectivity index (χ4v) is 3.36. The molecular formula is C15H8IrNS-. The minimum Gasteiger partial charge on any atom is -0.266 e. The van der Waals surface area contributed by atoms with Gasteiger partial charge in [0.1, 0.15) is 0 Å². The van der Waals surface area contributed by atoms with Crippen LogP contribution >= 0.6 is 11.3 Å². The summed E-state index contributed by atoms with van der Waals surface area (Å²) in [5.74, 6) is 0. The fraction of sp³-hybridized carbons (Fsp3) is 0. The first kappa shape index (κ1) is 11.8. The standard InChI is InChI=1S/C15H8NS.Ir/c1-2-6-12-11(5-1)14-13(17-12)8-7-10-4-3-9-16-15(10)14;/h1-4,6-9H;/q-1;. The molecule has 0 amide bonds. The molecule has 4 aromatic rings. The average Bonchev–Trinajstić information content (AvgIpc) is 2.77. The summed E-state index contributed by atoms with van der Waals surface area (Å²) in [6.07, 6.45) is 1.86. The maximum Gasteiger partial charge on any atom is 0.0380 e. The van der Waals surface area contributed by atoms with Crippen LogP contribution in [0.5, 0.6) is 0 Å². The minimum atomic E-state index is 0. The quantitative estimate of drug-likeness (QED) is 0.380. The van der Waals surface area contributed by atoms with Crippen molar-refractivity contribution in [3.8, 4) is 0 Å². The molecule has 2 aromatic carbocycles. The summed E-state index contributed by atoms with van der Waals surface area (Å²) in [5.41, 5.74) is 1.08. The Balaban J connectivity index is 0.000001000. The van der Waals surface area contributed by atoms with Gasteiger partial charge in [-0.15, -0.1) is 29.7 Å². The molecule has 3 heteroatoms. The molecule has 0 spiro atoms. The monoisotopic (exact) mass is 427 g/mol. The van der Waals surface area contributed by atoms with Crippen LogP contribution in [-0.2, 0) is 20.1 Å². The molecule has 1 nitrogen and oxygen atoms in total. The van der Waals surface area contributed by atoms with Crippen molar-refractivity contribution in [2.24, 2.45) is 0 Å². The van der Waals surface area contributed by atoms with Crippen LogP contribution in [0.25, 0.3) is 31.1 Å². The van der Waals surface area contributed by atoms with Crippen molar-refractivity contribution in [1.82, 2.24) is 4.98 Å². The summed E-state index contributed by atoms with van der Waals surface area (Å²) in [6, 6.07) is 17.9. The molecule has 0 unspecified atom stereocenters. The van der Waals surface area contributed by atoms with Crippen molar-refractivity contribution in [2.75, 3.05) is 0 Å². The second-order valence-corrected chi connectivity index (χ2v) is 5.11. The maximum absolute atomic E-state index is 4.52. The summed E-state index contributed by atoms with van der Waals surface area (Å²) in [5, 5.41) is 3.62. The number of hydrogen-bond acceptors (Lipinski definition) is 2. The van der Waals surface area contributed by atoms with Crippen LogP contribution in [0.15, 0.2) is 48.7 Å². The number of pyridine rings is 1. The first-order chi connectivity index (χ1) is 8.43. The Labute approximate surface area is 122 Å². The van der Waals surface area contributed by atoms with E-state index in [1.54, 1.807) is 11.3 Å². The van der Waals surface area contributed by atoms with Crippen molar-refractivity contribution in [3.05, 3.63) is 54.7 Å². The normalized spacial score (nSPS) is 10.9. The Kier molecular flexibility index (Phi) is 2.90. The molecular weight excluding hydrogens is 418 g/mol. The molecule has 2 heterocycles. The third-order valence-corrected chi connectivity index (χ3v) is 4.14. The van der Waals surface area contributed by atoms with E-state index >= 15 is 0 Å². The van der Waals surface area contributed by atoms with Crippen molar-refractivity contribution >= 4 is 42.4 Å². The molecule has 0 saturated carbocycles. The summed E-state index contributed by atoms with van der Waals surface area (Å²) in [4.78, 5) is 4.52. The number of benzene rings is 2. The van der Waals surface area contributed by atoms with Gasteiger partial charge in [-0.05, 0) is 16.2 Å². The van der Waals surface area contributed by atoms with Gasteiger partial charge in [-0.1, -0.05) is 28.3 Å². The van der Waals surface area contributed by atoms with Gasteiger partial charge in [0.2, 0.25) is 0 Å². The number of thiophene rings is 1. The van der Waals surface area contributed by atoms with Crippen molar-refractivity contribution in [3.63, 3.8) is 0 Å². The Morgan fingerprint density at radius 2 is 1.94 bits per heavy atom. The molecule has 89 valence electrons. The van der Waals surface area contributed by atoms with Gasteiger partial charge in [-0.3, -0.25) is 4.98 Å². The minimum absolute atomic E-state index is 0. The number of rotatable bonds is 0. The van der Waals surface area contributed by atoms with E-state index in [-0.39, 0.29) is 20.1 Å². The van der Waals surface area contributed by atoms with Crippen LogP contribution in [0.2, 0.25) is 0 Å². The van der Waals surface area contributed by atoms with Crippen LogP contribution in [0.4, 0.5) is 0 Å². The second kappa shape index (κ2) is 4.43. The molecule has 0 atom stereocenters. The molecule has 0 fully saturated rings. The van der Waals surface area contributed by atoms with Gasteiger partial charge in [0.15, 0.2) is 0 Å². The summed E-state index contributed by atoms with van der Waals surface area (Å²) in [7, 11) is 0. The zero-order chi connectivity index (χ0) is 11.2. The first-order valence-corrected chi connectivity index (χ1v) is 6.32. The van der Waals surface area contributed by atoms with Gasteiger partial charge in [0, 0.05) is 31.8 Å². The van der Waals surface area contributed by atoms with Gasteiger partial charge in [-0.25, -0.2) is 0 Å². The number of hydrogen-bond donors (Lipinski definition) is 0. The molecule has 0 aliphatic heterocycles. The molecule has 1 radical (unpaired) electrons. The van der Waals surface area contributed by atoms with E-state index in [9.17, 15) is 0 Å². The van der Waals surface area contributed by atoms with Gasteiger partial charge in [0.25, 0.3) is 0 Å². The SMILES string of the molecule is [Ir].[c-]1cccc2sc3ccc4cccnc4c3c12. The Morgan fingerprint density at radius 3 is 2.89 bits per heavy atom.